The highest BCUT2D eigenvalue weighted by Crippen LogP contribution is 2.89. The molecule has 4 aliphatic heterocycles. The van der Waals surface area contributed by atoms with Crippen molar-refractivity contribution in [2.75, 3.05) is 40.3 Å². The summed E-state index contributed by atoms with van der Waals surface area (Å²) in [5.74, 6) is -20.5. The van der Waals surface area contributed by atoms with Gasteiger partial charge in [0.15, 0.2) is 0 Å². The van der Waals surface area contributed by atoms with E-state index < -0.39 is 50.5 Å². The van der Waals surface area contributed by atoms with Gasteiger partial charge in [0.05, 0.1) is 0 Å². The van der Waals surface area contributed by atoms with Gasteiger partial charge < -0.3 is 0 Å². The van der Waals surface area contributed by atoms with Gasteiger partial charge in [-0.2, -0.15) is 36.1 Å². The highest BCUT2D eigenvalue weighted by Gasteiger charge is 2.44. The van der Waals surface area contributed by atoms with Gasteiger partial charge in [0.1, 0.15) is 0 Å². The molecule has 12 nitrogen and oxygen atoms in total. The topological polar surface area (TPSA) is 112 Å². The average molecular weight is 1060 g/mol. The normalized spacial score (nSPS) is 33.0. The van der Waals surface area contributed by atoms with E-state index in [0.717, 1.165) is 24.0 Å². The SMILES string of the molecule is CN1CCCN(Cc2cccc(CN3CCCN(C)P34=NP(Cl)(Cl)=NP(Cl)(Cl)=NP(Cl)(Cl)=N4)c2)P12=NP(Cl)(Cl)=NP(Cl)(Cl)=NP(Cl)(Cl)=N2. The maximum absolute atomic E-state index is 6.68. The lowest BCUT2D eigenvalue weighted by molar-refractivity contribution is 0.331. The van der Waals surface area contributed by atoms with Crippen LogP contribution in [0.1, 0.15) is 24.0 Å². The molecule has 0 amide bonds. The molecular weight excluding hydrogens is 1030 g/mol. The molecule has 0 aliphatic carbocycles. The van der Waals surface area contributed by atoms with E-state index in [1.807, 2.05) is 41.6 Å². The van der Waals surface area contributed by atoms with Crippen molar-refractivity contribution < 1.29 is 0 Å². The molecule has 0 aromatic heterocycles. The van der Waals surface area contributed by atoms with Gasteiger partial charge in [-0.3, -0.25) is 0 Å². The smallest absolute Gasteiger partial charge is 0.243 e. The van der Waals surface area contributed by atoms with E-state index in [2.05, 4.69) is 33.5 Å². The van der Waals surface area contributed by atoms with Crippen molar-refractivity contribution >= 4 is 185 Å². The molecule has 32 heteroatoms. The summed E-state index contributed by atoms with van der Waals surface area (Å²) >= 11 is 78.7. The van der Waals surface area contributed by atoms with E-state index >= 15 is 0 Å². The number of hydrogen-bond acceptors (Lipinski definition) is 12. The first-order valence-corrected chi connectivity index (χ1v) is 37.6. The first-order valence-electron chi connectivity index (χ1n) is 13.3. The second kappa shape index (κ2) is 16.0. The molecule has 4 aliphatic rings. The van der Waals surface area contributed by atoms with E-state index in [4.69, 9.17) is 153 Å². The summed E-state index contributed by atoms with van der Waals surface area (Å²) in [5.41, 5.74) is 1.89. The summed E-state index contributed by atoms with van der Waals surface area (Å²) in [6, 6.07) is 8.02. The minimum atomic E-state index is -3.43. The molecule has 2 saturated heterocycles. The first kappa shape index (κ1) is 43.5. The van der Waals surface area contributed by atoms with Crippen LogP contribution in [0.3, 0.4) is 0 Å². The molecule has 1 aromatic rings. The van der Waals surface area contributed by atoms with Gasteiger partial charge in [0.2, 0.25) is 15.0 Å². The second-order valence-electron chi connectivity index (χ2n) is 10.6. The zero-order chi connectivity index (χ0) is 35.6. The van der Waals surface area contributed by atoms with Gasteiger partial charge in [0.25, 0.3) is 35.5 Å². The molecule has 48 heavy (non-hydrogen) atoms. The summed E-state index contributed by atoms with van der Waals surface area (Å²) in [7, 11) is -2.42. The molecule has 5 rings (SSSR count). The Morgan fingerprint density at radius 1 is 0.479 bits per heavy atom. The van der Waals surface area contributed by atoms with Gasteiger partial charge in [-0.1, -0.05) is 24.3 Å². The van der Waals surface area contributed by atoms with Crippen LogP contribution in [-0.2, 0) is 13.1 Å². The van der Waals surface area contributed by atoms with Crippen LogP contribution in [0.15, 0.2) is 60.4 Å². The fraction of sp³-hybridized carbons (Fsp3) is 0.625. The summed E-state index contributed by atoms with van der Waals surface area (Å²) in [6.07, 6.45) is 1.63. The van der Waals surface area contributed by atoms with Crippen molar-refractivity contribution in [2.24, 2.45) is 36.1 Å². The highest BCUT2D eigenvalue weighted by molar-refractivity contribution is 8.24. The lowest BCUT2D eigenvalue weighted by atomic mass is 10.1. The number of nitrogens with zero attached hydrogens (tertiary/aromatic N) is 12. The van der Waals surface area contributed by atoms with Crippen LogP contribution in [0.5, 0.6) is 0 Å². The third-order valence-electron chi connectivity index (χ3n) is 6.96. The van der Waals surface area contributed by atoms with Gasteiger partial charge in [-0.05, 0) is 173 Å². The minimum Gasteiger partial charge on any atom is -0.243 e. The number of halogens is 12. The Bertz CT molecular complexity index is 1800. The summed E-state index contributed by atoms with van der Waals surface area (Å²) in [6.45, 7) is 3.32. The van der Waals surface area contributed by atoms with Crippen LogP contribution in [0, 0.1) is 0 Å². The minimum absolute atomic E-state index is 0.405. The molecule has 4 heterocycles. The van der Waals surface area contributed by atoms with E-state index in [0.29, 0.717) is 39.3 Å². The predicted octanol–water partition coefficient (Wildman–Crippen LogP) is 18.4. The first-order chi connectivity index (χ1) is 21.9. The Labute approximate surface area is 338 Å². The van der Waals surface area contributed by atoms with Gasteiger partial charge in [0, 0.05) is 39.3 Å². The van der Waals surface area contributed by atoms with Gasteiger partial charge >= 0.3 is 0 Å². The highest BCUT2D eigenvalue weighted by atomic mass is 35.9. The van der Waals surface area contributed by atoms with E-state index in [1.165, 1.54) is 0 Å². The zero-order valence-electron chi connectivity index (χ0n) is 24.4. The quantitative estimate of drug-likeness (QED) is 0.280. The standard InChI is InChI=1S/C16H26Cl12N12P8/c1-37-8-4-10-39(47(37)33-43(21,22)29-41(17,18)30-44(23,24)34-47)13-15-6-3-7-16(12-15)14-40-11-5-9-38(2)48(40)35-45(25,26)31-42(19,20)32-46(27,28)36-48/h3,6-7,12H,4-5,8-11,13-14H2,1-2H3. The molecule has 2 atom stereocenters. The van der Waals surface area contributed by atoms with Crippen LogP contribution in [-0.4, -0.2) is 59.0 Å². The third-order valence-corrected chi connectivity index (χ3v) is 40.2. The van der Waals surface area contributed by atoms with Crippen molar-refractivity contribution in [3.8, 4) is 0 Å². The third kappa shape index (κ3) is 10.9. The molecule has 2 unspecified atom stereocenters. The maximum Gasteiger partial charge on any atom is 0.257 e. The largest absolute Gasteiger partial charge is 0.257 e. The van der Waals surface area contributed by atoms with E-state index in [-0.39, 0.29) is 0 Å². The summed E-state index contributed by atoms with van der Waals surface area (Å²) in [5, 5.41) is 0. The van der Waals surface area contributed by atoms with Crippen molar-refractivity contribution in [1.82, 2.24) is 18.7 Å². The number of benzene rings is 1. The summed E-state index contributed by atoms with van der Waals surface area (Å²) in [4.78, 5) is 0. The number of rotatable bonds is 4. The molecule has 0 N–H and O–H groups in total. The van der Waals surface area contributed by atoms with Crippen LogP contribution in [0.2, 0.25) is 0 Å². The Balaban J connectivity index is 1.56. The van der Waals surface area contributed by atoms with Crippen molar-refractivity contribution in [3.63, 3.8) is 0 Å². The van der Waals surface area contributed by atoms with E-state index in [9.17, 15) is 0 Å². The summed E-state index contributed by atoms with van der Waals surface area (Å²) < 4.78 is 44.5. The molecule has 0 bridgehead atoms. The zero-order valence-corrected chi connectivity index (χ0v) is 40.7. The molecular formula is C16H26Cl12N12P8. The Morgan fingerprint density at radius 3 is 1.15 bits per heavy atom. The van der Waals surface area contributed by atoms with E-state index in [1.54, 1.807) is 0 Å². The van der Waals surface area contributed by atoms with Crippen molar-refractivity contribution in [3.05, 3.63) is 35.4 Å². The fourth-order valence-corrected chi connectivity index (χ4v) is 50.6. The Hall–Kier alpha value is 4.38. The molecule has 2 fully saturated rings. The lowest BCUT2D eigenvalue weighted by Gasteiger charge is -2.44. The fourth-order valence-electron chi connectivity index (χ4n) is 5.27. The average Bonchev–Trinajstić information content (AvgIpc) is 2.85. The molecule has 0 saturated carbocycles. The van der Waals surface area contributed by atoms with Crippen LogP contribution in [0.4, 0.5) is 0 Å². The maximum atomic E-state index is 6.68. The van der Waals surface area contributed by atoms with Gasteiger partial charge in [-0.25, -0.2) is 18.7 Å². The second-order valence-corrected chi connectivity index (χ2v) is 46.5. The Kier molecular flexibility index (Phi) is 14.5. The Morgan fingerprint density at radius 2 is 0.792 bits per heavy atom. The molecule has 1 aromatic carbocycles. The van der Waals surface area contributed by atoms with Crippen molar-refractivity contribution in [1.29, 1.82) is 0 Å². The molecule has 2 spiro atoms. The molecule has 0 radical (unpaired) electrons. The van der Waals surface area contributed by atoms with Gasteiger partial charge in [-0.15, -0.1) is 0 Å². The number of hydrogen-bond donors (Lipinski definition) is 0. The van der Waals surface area contributed by atoms with Crippen molar-refractivity contribution in [2.45, 2.75) is 25.9 Å². The van der Waals surface area contributed by atoms with Crippen LogP contribution < -0.4 is 0 Å². The van der Waals surface area contributed by atoms with Crippen LogP contribution in [0.25, 0.3) is 0 Å². The lowest BCUT2D eigenvalue weighted by Crippen LogP contribution is -2.36. The molecule has 274 valence electrons. The monoisotopic (exact) mass is 1050 g/mol. The predicted molar refractivity (Wildman–Crippen MR) is 227 cm³/mol. The van der Waals surface area contributed by atoms with Crippen LogP contribution >= 0.6 is 185 Å².